The van der Waals surface area contributed by atoms with Gasteiger partial charge >= 0.3 is 0 Å². The van der Waals surface area contributed by atoms with E-state index in [4.69, 9.17) is 0 Å². The van der Waals surface area contributed by atoms with Gasteiger partial charge in [0.15, 0.2) is 5.78 Å². The van der Waals surface area contributed by atoms with Gasteiger partial charge in [-0.2, -0.15) is 21.0 Å². The van der Waals surface area contributed by atoms with Gasteiger partial charge in [0, 0.05) is 11.1 Å². The number of nitrogens with zero attached hydrogens (tertiary/aromatic N) is 6. The number of nitriles is 4. The van der Waals surface area contributed by atoms with Crippen LogP contribution in [0.4, 0.5) is 11.4 Å². The molecule has 0 aliphatic carbocycles. The van der Waals surface area contributed by atoms with E-state index in [2.05, 4.69) is 0 Å². The highest BCUT2D eigenvalue weighted by Gasteiger charge is 2.39. The number of benzene rings is 4. The second kappa shape index (κ2) is 10.0. The third-order valence-corrected chi connectivity index (χ3v) is 7.30. The summed E-state index contributed by atoms with van der Waals surface area (Å²) in [6.07, 6.45) is 0. The first-order valence-electron chi connectivity index (χ1n) is 12.7. The van der Waals surface area contributed by atoms with Gasteiger partial charge in [-0.25, -0.2) is 9.80 Å². The lowest BCUT2D eigenvalue weighted by atomic mass is 9.96. The summed E-state index contributed by atoms with van der Waals surface area (Å²) in [5.41, 5.74) is 0.420. The monoisotopic (exact) mass is 572 g/mol. The third kappa shape index (κ3) is 3.91. The number of fused-ring (bicyclic) bond motifs is 2. The number of imide groups is 2. The number of hydrogen-bond donors (Lipinski definition) is 0. The molecule has 11 nitrogen and oxygen atoms in total. The van der Waals surface area contributed by atoms with Crippen molar-refractivity contribution in [3.8, 4) is 24.3 Å². The minimum atomic E-state index is -0.724. The Balaban J connectivity index is 1.31. The molecule has 0 bridgehead atoms. The zero-order chi connectivity index (χ0) is 31.3. The highest BCUT2D eigenvalue weighted by atomic mass is 16.2. The molecule has 0 saturated carbocycles. The van der Waals surface area contributed by atoms with Gasteiger partial charge in [0.25, 0.3) is 23.6 Å². The molecule has 0 N–H and O–H groups in total. The minimum absolute atomic E-state index is 0.00897. The summed E-state index contributed by atoms with van der Waals surface area (Å²) in [5.74, 6) is -3.36. The summed E-state index contributed by atoms with van der Waals surface area (Å²) >= 11 is 0. The van der Waals surface area contributed by atoms with Crippen molar-refractivity contribution in [3.63, 3.8) is 0 Å². The van der Waals surface area contributed by atoms with Crippen LogP contribution in [0.15, 0.2) is 72.8 Å². The van der Waals surface area contributed by atoms with E-state index in [-0.39, 0.29) is 67.0 Å². The van der Waals surface area contributed by atoms with Gasteiger partial charge in [0.05, 0.1) is 55.9 Å². The molecule has 6 rings (SSSR count). The molecule has 0 unspecified atom stereocenters. The van der Waals surface area contributed by atoms with Gasteiger partial charge in [-0.1, -0.05) is 12.1 Å². The third-order valence-electron chi connectivity index (χ3n) is 7.30. The molecule has 0 atom stereocenters. The van der Waals surface area contributed by atoms with E-state index in [1.54, 1.807) is 0 Å². The Morgan fingerprint density at radius 2 is 0.818 bits per heavy atom. The molecule has 4 amide bonds. The van der Waals surface area contributed by atoms with E-state index in [0.29, 0.717) is 0 Å². The van der Waals surface area contributed by atoms with Gasteiger partial charge in [0.2, 0.25) is 0 Å². The van der Waals surface area contributed by atoms with Crippen LogP contribution in [0.2, 0.25) is 0 Å². The second-order valence-corrected chi connectivity index (χ2v) is 9.65. The summed E-state index contributed by atoms with van der Waals surface area (Å²) in [6.45, 7) is 0. The van der Waals surface area contributed by atoms with Gasteiger partial charge in [0.1, 0.15) is 24.3 Å². The summed E-state index contributed by atoms with van der Waals surface area (Å²) in [6, 6.07) is 23.3. The second-order valence-electron chi connectivity index (χ2n) is 9.65. The van der Waals surface area contributed by atoms with Gasteiger partial charge < -0.3 is 0 Å². The lowest BCUT2D eigenvalue weighted by molar-refractivity contribution is 0.0910. The highest BCUT2D eigenvalue weighted by molar-refractivity contribution is 6.36. The molecule has 0 saturated heterocycles. The average molecular weight is 572 g/mol. The van der Waals surface area contributed by atoms with E-state index < -0.39 is 29.4 Å². The van der Waals surface area contributed by atoms with Crippen molar-refractivity contribution < 1.29 is 24.0 Å². The molecule has 0 radical (unpaired) electrons. The molecule has 204 valence electrons. The predicted octanol–water partition coefficient (Wildman–Crippen LogP) is 4.01. The van der Waals surface area contributed by atoms with Crippen molar-refractivity contribution in [1.29, 1.82) is 21.0 Å². The van der Waals surface area contributed by atoms with Crippen molar-refractivity contribution in [2.24, 2.45) is 0 Å². The zero-order valence-electron chi connectivity index (χ0n) is 22.2. The Kier molecular flexibility index (Phi) is 6.14. The van der Waals surface area contributed by atoms with Crippen LogP contribution >= 0.6 is 0 Å². The van der Waals surface area contributed by atoms with Crippen LogP contribution in [0.5, 0.6) is 0 Å². The first kappa shape index (κ1) is 27.0. The molecule has 2 heterocycles. The maximum absolute atomic E-state index is 13.5. The molecule has 2 aliphatic heterocycles. The maximum atomic E-state index is 13.5. The SMILES string of the molecule is N#Cc1ccc(N2C(=O)c3ccc(C(=O)c4ccc5c(c4)C(=O)N(c4ccc(C#N)c(C#N)c4)C5=O)cc3C2=O)cc1C#N. The fourth-order valence-corrected chi connectivity index (χ4v) is 5.12. The van der Waals surface area contributed by atoms with Crippen molar-refractivity contribution in [1.82, 2.24) is 0 Å². The van der Waals surface area contributed by atoms with Crippen LogP contribution in [-0.4, -0.2) is 29.4 Å². The largest absolute Gasteiger partial charge is 0.289 e. The van der Waals surface area contributed by atoms with Crippen LogP contribution in [0.25, 0.3) is 0 Å². The number of hydrogen-bond acceptors (Lipinski definition) is 9. The van der Waals surface area contributed by atoms with Crippen LogP contribution in [0.1, 0.15) is 79.6 Å². The van der Waals surface area contributed by atoms with Crippen LogP contribution in [-0.2, 0) is 0 Å². The van der Waals surface area contributed by atoms with Crippen LogP contribution in [0.3, 0.4) is 0 Å². The van der Waals surface area contributed by atoms with E-state index in [1.165, 1.54) is 72.8 Å². The fraction of sp³-hybridized carbons (Fsp3) is 0. The summed E-state index contributed by atoms with van der Waals surface area (Å²) < 4.78 is 0. The Labute approximate surface area is 248 Å². The lowest BCUT2D eigenvalue weighted by Crippen LogP contribution is -2.29. The maximum Gasteiger partial charge on any atom is 0.266 e. The van der Waals surface area contributed by atoms with Crippen LogP contribution in [0, 0.1) is 45.3 Å². The number of carbonyl (C=O) groups is 5. The minimum Gasteiger partial charge on any atom is -0.289 e. The van der Waals surface area contributed by atoms with Gasteiger partial charge in [-0.3, -0.25) is 24.0 Å². The molecule has 2 aliphatic rings. The predicted molar refractivity (Wildman–Crippen MR) is 150 cm³/mol. The standard InChI is InChI=1S/C33H12N6O5/c34-13-19-1-5-23(9-21(19)15-36)38-30(41)25-7-3-17(11-27(25)32(38)43)29(40)18-4-8-26-28(12-18)33(44)39(31(26)42)24-6-2-20(14-35)22(10-24)16-37/h1-12H. The number of amides is 4. The number of rotatable bonds is 4. The molecular formula is C33H12N6O5. The average Bonchev–Trinajstić information content (AvgIpc) is 3.46. The molecule has 4 aromatic rings. The number of carbonyl (C=O) groups excluding carboxylic acids is 5. The van der Waals surface area contributed by atoms with E-state index >= 15 is 0 Å². The zero-order valence-corrected chi connectivity index (χ0v) is 22.2. The molecule has 11 heteroatoms. The molecule has 0 aromatic heterocycles. The summed E-state index contributed by atoms with van der Waals surface area (Å²) in [7, 11) is 0. The topological polar surface area (TPSA) is 187 Å². The Hall–Kier alpha value is -7.21. The Bertz CT molecular complexity index is 2090. The number of anilines is 2. The van der Waals surface area contributed by atoms with Crippen molar-refractivity contribution in [3.05, 3.63) is 128 Å². The van der Waals surface area contributed by atoms with Gasteiger partial charge in [-0.15, -0.1) is 0 Å². The molecular weight excluding hydrogens is 560 g/mol. The summed E-state index contributed by atoms with van der Waals surface area (Å²) in [4.78, 5) is 68.0. The van der Waals surface area contributed by atoms with Crippen molar-refractivity contribution >= 4 is 40.8 Å². The van der Waals surface area contributed by atoms with E-state index in [9.17, 15) is 45.0 Å². The first-order valence-corrected chi connectivity index (χ1v) is 12.7. The highest BCUT2D eigenvalue weighted by Crippen LogP contribution is 2.33. The van der Waals surface area contributed by atoms with Gasteiger partial charge in [-0.05, 0) is 60.7 Å². The van der Waals surface area contributed by atoms with Crippen molar-refractivity contribution in [2.45, 2.75) is 0 Å². The molecule has 0 fully saturated rings. The quantitative estimate of drug-likeness (QED) is 0.257. The van der Waals surface area contributed by atoms with E-state index in [0.717, 1.165) is 9.80 Å². The normalized spacial score (nSPS) is 13.1. The molecule has 44 heavy (non-hydrogen) atoms. The smallest absolute Gasteiger partial charge is 0.266 e. The van der Waals surface area contributed by atoms with E-state index in [1.807, 2.05) is 24.3 Å². The molecule has 0 spiro atoms. The lowest BCUT2D eigenvalue weighted by Gasteiger charge is -2.14. The first-order chi connectivity index (χ1) is 21.2. The Morgan fingerprint density at radius 1 is 0.455 bits per heavy atom. The van der Waals surface area contributed by atoms with Crippen molar-refractivity contribution in [2.75, 3.05) is 9.80 Å². The van der Waals surface area contributed by atoms with Crippen LogP contribution < -0.4 is 9.80 Å². The fourth-order valence-electron chi connectivity index (χ4n) is 5.12. The Morgan fingerprint density at radius 3 is 1.18 bits per heavy atom. The number of ketones is 1. The molecule has 4 aromatic carbocycles. The summed E-state index contributed by atoms with van der Waals surface area (Å²) in [5, 5.41) is 37.0.